The summed E-state index contributed by atoms with van der Waals surface area (Å²) in [4.78, 5) is 23.8. The van der Waals surface area contributed by atoms with Crippen LogP contribution >= 0.6 is 0 Å². The molecule has 2 aromatic heterocycles. The fourth-order valence-corrected chi connectivity index (χ4v) is 4.53. The highest BCUT2D eigenvalue weighted by atomic mass is 19.1. The Kier molecular flexibility index (Phi) is 6.44. The first-order valence-corrected chi connectivity index (χ1v) is 11.7. The minimum absolute atomic E-state index is 0.144. The molecule has 176 valence electrons. The molecule has 0 N–H and O–H groups in total. The average Bonchev–Trinajstić information content (AvgIpc) is 3.28. The number of benzene rings is 2. The van der Waals surface area contributed by atoms with Crippen molar-refractivity contribution in [3.8, 4) is 28.8 Å². The second kappa shape index (κ2) is 9.98. The molecule has 6 nitrogen and oxygen atoms in total. The van der Waals surface area contributed by atoms with E-state index < -0.39 is 0 Å². The van der Waals surface area contributed by atoms with E-state index in [4.69, 9.17) is 9.72 Å². The van der Waals surface area contributed by atoms with E-state index in [9.17, 15) is 9.18 Å². The molecule has 0 aliphatic carbocycles. The molecule has 0 spiro atoms. The molecule has 35 heavy (non-hydrogen) atoms. The van der Waals surface area contributed by atoms with E-state index in [1.54, 1.807) is 25.4 Å². The SMILES string of the molecule is CC#CC(=O)N1CCCC[C@H]1c1nc(-c2ccc(OCc3cccc(F)c3)cc2)c2cnccn12. The van der Waals surface area contributed by atoms with E-state index in [2.05, 4.69) is 16.8 Å². The van der Waals surface area contributed by atoms with Gasteiger partial charge in [0.05, 0.1) is 23.4 Å². The second-order valence-electron chi connectivity index (χ2n) is 8.48. The molecule has 0 saturated carbocycles. The zero-order valence-electron chi connectivity index (χ0n) is 19.4. The Labute approximate surface area is 203 Å². The number of aromatic nitrogens is 3. The molecular weight excluding hydrogens is 443 g/mol. The molecule has 1 saturated heterocycles. The lowest BCUT2D eigenvalue weighted by Crippen LogP contribution is -2.38. The zero-order valence-corrected chi connectivity index (χ0v) is 19.4. The van der Waals surface area contributed by atoms with Crippen molar-refractivity contribution in [1.82, 2.24) is 19.3 Å². The highest BCUT2D eigenvalue weighted by molar-refractivity contribution is 5.93. The normalized spacial score (nSPS) is 15.5. The smallest absolute Gasteiger partial charge is 0.299 e. The number of piperidine rings is 1. The molecule has 2 aromatic carbocycles. The van der Waals surface area contributed by atoms with Gasteiger partial charge in [0.25, 0.3) is 5.91 Å². The third-order valence-corrected chi connectivity index (χ3v) is 6.19. The molecule has 1 atom stereocenters. The minimum atomic E-state index is -0.280. The van der Waals surface area contributed by atoms with Crippen molar-refractivity contribution in [2.24, 2.45) is 0 Å². The average molecular weight is 469 g/mol. The van der Waals surface area contributed by atoms with E-state index in [1.165, 1.54) is 12.1 Å². The van der Waals surface area contributed by atoms with Crippen LogP contribution in [0.25, 0.3) is 16.8 Å². The van der Waals surface area contributed by atoms with Crippen LogP contribution in [0.5, 0.6) is 5.75 Å². The van der Waals surface area contributed by atoms with Gasteiger partial charge >= 0.3 is 0 Å². The first-order chi connectivity index (χ1) is 17.1. The van der Waals surface area contributed by atoms with Gasteiger partial charge in [-0.1, -0.05) is 18.1 Å². The number of halogens is 1. The van der Waals surface area contributed by atoms with Gasteiger partial charge in [-0.3, -0.25) is 14.2 Å². The largest absolute Gasteiger partial charge is 0.489 e. The Morgan fingerprint density at radius 2 is 2.06 bits per heavy atom. The number of amides is 1. The Morgan fingerprint density at radius 3 is 2.86 bits per heavy atom. The van der Waals surface area contributed by atoms with Crippen molar-refractivity contribution >= 4 is 11.4 Å². The number of nitrogens with zero attached hydrogens (tertiary/aromatic N) is 4. The van der Waals surface area contributed by atoms with E-state index in [-0.39, 0.29) is 24.4 Å². The van der Waals surface area contributed by atoms with Gasteiger partial charge in [0.2, 0.25) is 0 Å². The lowest BCUT2D eigenvalue weighted by atomic mass is 10.0. The highest BCUT2D eigenvalue weighted by Crippen LogP contribution is 2.34. The third-order valence-electron chi connectivity index (χ3n) is 6.19. The van der Waals surface area contributed by atoms with Crippen LogP contribution in [-0.2, 0) is 11.4 Å². The number of fused-ring (bicyclic) bond motifs is 1. The van der Waals surface area contributed by atoms with E-state index in [1.807, 2.05) is 45.8 Å². The van der Waals surface area contributed by atoms with Gasteiger partial charge in [-0.05, 0) is 74.1 Å². The Hall–Kier alpha value is -4.18. The molecule has 4 aromatic rings. The van der Waals surface area contributed by atoms with Crippen molar-refractivity contribution in [3.05, 3.63) is 84.3 Å². The summed E-state index contributed by atoms with van der Waals surface area (Å²) in [6, 6.07) is 13.9. The van der Waals surface area contributed by atoms with Gasteiger partial charge in [-0.2, -0.15) is 0 Å². The van der Waals surface area contributed by atoms with Crippen molar-refractivity contribution in [2.75, 3.05) is 6.54 Å². The Bertz CT molecular complexity index is 1420. The number of hydrogen-bond acceptors (Lipinski definition) is 4. The number of likely N-dealkylation sites (tertiary alicyclic amines) is 1. The van der Waals surface area contributed by atoms with Gasteiger partial charge < -0.3 is 9.64 Å². The van der Waals surface area contributed by atoms with Crippen LogP contribution in [0.2, 0.25) is 0 Å². The lowest BCUT2D eigenvalue weighted by Gasteiger charge is -2.33. The maximum absolute atomic E-state index is 13.4. The van der Waals surface area contributed by atoms with Crippen LogP contribution in [0.1, 0.15) is 43.6 Å². The molecule has 0 unspecified atom stereocenters. The second-order valence-corrected chi connectivity index (χ2v) is 8.48. The van der Waals surface area contributed by atoms with E-state index in [0.717, 1.165) is 47.4 Å². The molecule has 7 heteroatoms. The van der Waals surface area contributed by atoms with E-state index >= 15 is 0 Å². The van der Waals surface area contributed by atoms with Gasteiger partial charge in [-0.25, -0.2) is 9.37 Å². The zero-order chi connectivity index (χ0) is 24.2. The summed E-state index contributed by atoms with van der Waals surface area (Å²) in [6.45, 7) is 2.63. The Balaban J connectivity index is 1.44. The predicted molar refractivity (Wildman–Crippen MR) is 131 cm³/mol. The number of ether oxygens (including phenoxy) is 1. The summed E-state index contributed by atoms with van der Waals surface area (Å²) < 4.78 is 21.3. The maximum atomic E-state index is 13.4. The molecule has 0 bridgehead atoms. The van der Waals surface area contributed by atoms with Crippen LogP contribution < -0.4 is 4.74 Å². The van der Waals surface area contributed by atoms with Crippen LogP contribution in [-0.4, -0.2) is 31.7 Å². The lowest BCUT2D eigenvalue weighted by molar-refractivity contribution is -0.129. The van der Waals surface area contributed by atoms with Gasteiger partial charge in [0.15, 0.2) is 0 Å². The van der Waals surface area contributed by atoms with Crippen molar-refractivity contribution in [2.45, 2.75) is 38.8 Å². The third kappa shape index (κ3) is 4.73. The fraction of sp³-hybridized carbons (Fsp3) is 0.250. The first-order valence-electron chi connectivity index (χ1n) is 11.7. The van der Waals surface area contributed by atoms with Gasteiger partial charge in [-0.15, -0.1) is 0 Å². The minimum Gasteiger partial charge on any atom is -0.489 e. The molecule has 0 radical (unpaired) electrons. The maximum Gasteiger partial charge on any atom is 0.299 e. The van der Waals surface area contributed by atoms with Crippen molar-refractivity contribution < 1.29 is 13.9 Å². The van der Waals surface area contributed by atoms with Crippen LogP contribution in [0.15, 0.2) is 67.1 Å². The Morgan fingerprint density at radius 1 is 1.20 bits per heavy atom. The number of imidazole rings is 1. The molecule has 3 heterocycles. The topological polar surface area (TPSA) is 59.7 Å². The summed E-state index contributed by atoms with van der Waals surface area (Å²) in [7, 11) is 0. The van der Waals surface area contributed by atoms with E-state index in [0.29, 0.717) is 12.3 Å². The van der Waals surface area contributed by atoms with Crippen molar-refractivity contribution in [3.63, 3.8) is 0 Å². The highest BCUT2D eigenvalue weighted by Gasteiger charge is 2.31. The number of rotatable bonds is 5. The van der Waals surface area contributed by atoms with Crippen molar-refractivity contribution in [1.29, 1.82) is 0 Å². The summed E-state index contributed by atoms with van der Waals surface area (Å²) >= 11 is 0. The molecule has 1 fully saturated rings. The quantitative estimate of drug-likeness (QED) is 0.378. The summed E-state index contributed by atoms with van der Waals surface area (Å²) in [5, 5.41) is 0. The summed E-state index contributed by atoms with van der Waals surface area (Å²) in [6.07, 6.45) is 8.24. The standard InChI is InChI=1S/C28H25FN4O2/c1-2-6-26(34)32-15-4-3-9-24(32)28-31-27(25-18-30-14-16-33(25)28)21-10-12-23(13-11-21)35-19-20-7-5-8-22(29)17-20/h5,7-8,10-14,16-18,24H,3-4,9,15,19H2,1H3/t24-/m0/s1. The number of carbonyl (C=O) groups excluding carboxylic acids is 1. The fourth-order valence-electron chi connectivity index (χ4n) is 4.53. The molecule has 1 amide bonds. The molecule has 1 aliphatic heterocycles. The van der Waals surface area contributed by atoms with Crippen LogP contribution in [0, 0.1) is 17.7 Å². The molecule has 1 aliphatic rings. The van der Waals surface area contributed by atoms with Gasteiger partial charge in [0, 0.05) is 24.5 Å². The monoisotopic (exact) mass is 468 g/mol. The van der Waals surface area contributed by atoms with Crippen LogP contribution in [0.3, 0.4) is 0 Å². The summed E-state index contributed by atoms with van der Waals surface area (Å²) in [5.41, 5.74) is 3.35. The predicted octanol–water partition coefficient (Wildman–Crippen LogP) is 5.19. The van der Waals surface area contributed by atoms with Crippen LogP contribution in [0.4, 0.5) is 4.39 Å². The molecular formula is C28H25FN4O2. The summed E-state index contributed by atoms with van der Waals surface area (Å²) in [5.74, 6) is 6.47. The number of carbonyl (C=O) groups is 1. The van der Waals surface area contributed by atoms with Gasteiger partial charge in [0.1, 0.15) is 24.0 Å². The first kappa shape index (κ1) is 22.6. The number of hydrogen-bond donors (Lipinski definition) is 0. The molecule has 5 rings (SSSR count).